The summed E-state index contributed by atoms with van der Waals surface area (Å²) in [5.74, 6) is 1.76. The molecular weight excluding hydrogens is 370 g/mol. The van der Waals surface area contributed by atoms with Crippen molar-refractivity contribution in [2.24, 2.45) is 0 Å². The Labute approximate surface area is 168 Å². The normalized spacial score (nSPS) is 15.2. The summed E-state index contributed by atoms with van der Waals surface area (Å²) >= 11 is 0. The van der Waals surface area contributed by atoms with Crippen LogP contribution < -0.4 is 14.2 Å². The van der Waals surface area contributed by atoms with Crippen LogP contribution in [-0.2, 0) is 0 Å². The molecule has 0 fully saturated rings. The second kappa shape index (κ2) is 7.83. The fraction of sp³-hybridized carbons (Fsp3) is 0.217. The van der Waals surface area contributed by atoms with Crippen LogP contribution in [0.2, 0.25) is 0 Å². The van der Waals surface area contributed by atoms with Crippen LogP contribution in [0.3, 0.4) is 0 Å². The lowest BCUT2D eigenvalue weighted by Gasteiger charge is -2.24. The predicted molar refractivity (Wildman–Crippen MR) is 111 cm³/mol. The van der Waals surface area contributed by atoms with Gasteiger partial charge in [-0.1, -0.05) is 36.4 Å². The molecule has 0 saturated heterocycles. The van der Waals surface area contributed by atoms with Crippen molar-refractivity contribution in [1.82, 2.24) is 0 Å². The lowest BCUT2D eigenvalue weighted by atomic mass is 9.97. The van der Waals surface area contributed by atoms with Gasteiger partial charge in [0.15, 0.2) is 11.5 Å². The Bertz CT molecular complexity index is 1110. The van der Waals surface area contributed by atoms with E-state index >= 15 is 0 Å². The number of fused-ring (bicyclic) bond motifs is 3. The fourth-order valence-corrected chi connectivity index (χ4v) is 3.56. The topological polar surface area (TPSA) is 70.8 Å². The molecule has 1 unspecified atom stereocenters. The second-order valence-electron chi connectivity index (χ2n) is 6.59. The van der Waals surface area contributed by atoms with Crippen LogP contribution in [0.25, 0.3) is 16.8 Å². The first-order valence-corrected chi connectivity index (χ1v) is 9.56. The van der Waals surface area contributed by atoms with E-state index in [1.165, 1.54) is 0 Å². The van der Waals surface area contributed by atoms with Gasteiger partial charge in [0.2, 0.25) is 6.10 Å². The summed E-state index contributed by atoms with van der Waals surface area (Å²) in [5.41, 5.74) is 1.35. The molecule has 3 aromatic rings. The molecule has 6 heteroatoms. The summed E-state index contributed by atoms with van der Waals surface area (Å²) in [6.07, 6.45) is 0.774. The average molecular weight is 391 g/mol. The minimum Gasteiger partial charge on any atom is -0.490 e. The van der Waals surface area contributed by atoms with Gasteiger partial charge in [0.05, 0.1) is 18.1 Å². The van der Waals surface area contributed by atoms with Crippen molar-refractivity contribution in [2.75, 3.05) is 13.2 Å². The smallest absolute Gasteiger partial charge is 0.291 e. The maximum absolute atomic E-state index is 11.9. The molecule has 1 aliphatic heterocycles. The zero-order valence-corrected chi connectivity index (χ0v) is 16.3. The van der Waals surface area contributed by atoms with Gasteiger partial charge in [0.1, 0.15) is 5.75 Å². The molecule has 3 aromatic carbocycles. The zero-order valence-electron chi connectivity index (χ0n) is 16.3. The van der Waals surface area contributed by atoms with Crippen molar-refractivity contribution in [3.8, 4) is 17.2 Å². The van der Waals surface area contributed by atoms with Crippen molar-refractivity contribution in [1.29, 1.82) is 0 Å². The largest absolute Gasteiger partial charge is 0.490 e. The van der Waals surface area contributed by atoms with Gasteiger partial charge < -0.3 is 14.2 Å². The quantitative estimate of drug-likeness (QED) is 0.416. The third kappa shape index (κ3) is 3.49. The Balaban J connectivity index is 1.81. The number of nitrogens with zero attached hydrogens (tertiary/aromatic N) is 1. The Morgan fingerprint density at radius 2 is 1.76 bits per heavy atom. The van der Waals surface area contributed by atoms with Crippen LogP contribution >= 0.6 is 0 Å². The number of hydrogen-bond acceptors (Lipinski definition) is 5. The van der Waals surface area contributed by atoms with E-state index in [2.05, 4.69) is 0 Å². The SMILES string of the molecule is CCOc1ccc(C2Oc3ccc4ccccc4c3C=C2[N+](=O)[O-])cc1OCC. The zero-order chi connectivity index (χ0) is 20.4. The highest BCUT2D eigenvalue weighted by Crippen LogP contribution is 2.42. The molecule has 1 aliphatic rings. The summed E-state index contributed by atoms with van der Waals surface area (Å²) in [6.45, 7) is 4.73. The Kier molecular flexibility index (Phi) is 5.08. The molecule has 1 atom stereocenters. The molecule has 0 bridgehead atoms. The monoisotopic (exact) mass is 391 g/mol. The number of benzene rings is 3. The summed E-state index contributed by atoms with van der Waals surface area (Å²) in [4.78, 5) is 11.5. The van der Waals surface area contributed by atoms with Crippen LogP contribution in [0.15, 0.2) is 60.3 Å². The van der Waals surface area contributed by atoms with Crippen LogP contribution in [0, 0.1) is 10.1 Å². The van der Waals surface area contributed by atoms with E-state index in [9.17, 15) is 10.1 Å². The maximum Gasteiger partial charge on any atom is 0.291 e. The lowest BCUT2D eigenvalue weighted by Crippen LogP contribution is -2.20. The maximum atomic E-state index is 11.9. The van der Waals surface area contributed by atoms with Gasteiger partial charge in [-0.3, -0.25) is 10.1 Å². The summed E-state index contributed by atoms with van der Waals surface area (Å²) < 4.78 is 17.4. The molecule has 0 N–H and O–H groups in total. The standard InChI is InChI=1S/C23H21NO5/c1-3-27-21-12-10-16(13-22(21)28-4-2)23-19(24(25)26)14-18-17-8-6-5-7-15(17)9-11-20(18)29-23/h5-14,23H,3-4H2,1-2H3. The minimum atomic E-state index is -0.839. The van der Waals surface area contributed by atoms with Crippen molar-refractivity contribution in [2.45, 2.75) is 20.0 Å². The number of hydrogen-bond donors (Lipinski definition) is 0. The second-order valence-corrected chi connectivity index (χ2v) is 6.59. The third-order valence-corrected chi connectivity index (χ3v) is 4.82. The summed E-state index contributed by atoms with van der Waals surface area (Å²) in [7, 11) is 0. The highest BCUT2D eigenvalue weighted by atomic mass is 16.6. The van der Waals surface area contributed by atoms with Crippen LogP contribution in [-0.4, -0.2) is 18.1 Å². The summed E-state index contributed by atoms with van der Waals surface area (Å²) in [5, 5.41) is 13.8. The molecular formula is C23H21NO5. The number of rotatable bonds is 6. The molecule has 0 aliphatic carbocycles. The van der Waals surface area contributed by atoms with E-state index in [-0.39, 0.29) is 10.6 Å². The van der Waals surface area contributed by atoms with Crippen molar-refractivity contribution in [3.05, 3.63) is 81.5 Å². The van der Waals surface area contributed by atoms with E-state index in [1.807, 2.05) is 50.2 Å². The van der Waals surface area contributed by atoms with Crippen LogP contribution in [0.1, 0.15) is 31.1 Å². The Morgan fingerprint density at radius 3 is 2.52 bits per heavy atom. The molecule has 1 heterocycles. The van der Waals surface area contributed by atoms with E-state index in [1.54, 1.807) is 24.3 Å². The average Bonchev–Trinajstić information content (AvgIpc) is 2.74. The molecule has 0 spiro atoms. The molecule has 4 rings (SSSR count). The molecule has 6 nitrogen and oxygen atoms in total. The number of ether oxygens (including phenoxy) is 3. The minimum absolute atomic E-state index is 0.0135. The van der Waals surface area contributed by atoms with Crippen molar-refractivity contribution in [3.63, 3.8) is 0 Å². The predicted octanol–water partition coefficient (Wildman–Crippen LogP) is 5.39. The van der Waals surface area contributed by atoms with Gasteiger partial charge >= 0.3 is 0 Å². The first-order chi connectivity index (χ1) is 14.1. The number of nitro groups is 1. The highest BCUT2D eigenvalue weighted by Gasteiger charge is 2.34. The Morgan fingerprint density at radius 1 is 1.00 bits per heavy atom. The van der Waals surface area contributed by atoms with Gasteiger partial charge in [-0.25, -0.2) is 0 Å². The van der Waals surface area contributed by atoms with Crippen molar-refractivity contribution < 1.29 is 19.1 Å². The van der Waals surface area contributed by atoms with Gasteiger partial charge in [-0.05, 0) is 42.8 Å². The summed E-state index contributed by atoms with van der Waals surface area (Å²) in [6, 6.07) is 16.9. The van der Waals surface area contributed by atoms with E-state index in [4.69, 9.17) is 14.2 Å². The molecule has 0 amide bonds. The molecule has 0 saturated carbocycles. The highest BCUT2D eigenvalue weighted by molar-refractivity contribution is 5.93. The molecule has 0 radical (unpaired) electrons. The fourth-order valence-electron chi connectivity index (χ4n) is 3.56. The van der Waals surface area contributed by atoms with E-state index < -0.39 is 6.10 Å². The third-order valence-electron chi connectivity index (χ3n) is 4.82. The first-order valence-electron chi connectivity index (χ1n) is 9.56. The molecule has 148 valence electrons. The van der Waals surface area contributed by atoms with Gasteiger partial charge in [0.25, 0.3) is 5.70 Å². The lowest BCUT2D eigenvalue weighted by molar-refractivity contribution is -0.434. The van der Waals surface area contributed by atoms with Crippen molar-refractivity contribution >= 4 is 16.8 Å². The van der Waals surface area contributed by atoms with Crippen LogP contribution in [0.4, 0.5) is 0 Å². The van der Waals surface area contributed by atoms with Gasteiger partial charge in [-0.2, -0.15) is 0 Å². The first kappa shape index (κ1) is 18.8. The van der Waals surface area contributed by atoms with Gasteiger partial charge in [0, 0.05) is 17.2 Å². The van der Waals surface area contributed by atoms with Crippen LogP contribution in [0.5, 0.6) is 17.2 Å². The van der Waals surface area contributed by atoms with E-state index in [0.29, 0.717) is 36.0 Å². The van der Waals surface area contributed by atoms with Gasteiger partial charge in [-0.15, -0.1) is 0 Å². The molecule has 0 aromatic heterocycles. The molecule has 29 heavy (non-hydrogen) atoms. The Hall–Kier alpha value is -3.54. The van der Waals surface area contributed by atoms with E-state index in [0.717, 1.165) is 16.3 Å².